The van der Waals surface area contributed by atoms with Crippen LogP contribution in [0.15, 0.2) is 18.2 Å². The van der Waals surface area contributed by atoms with Crippen LogP contribution < -0.4 is 10.5 Å². The van der Waals surface area contributed by atoms with Gasteiger partial charge in [-0.25, -0.2) is 0 Å². The third-order valence-electron chi connectivity index (χ3n) is 3.20. The first-order chi connectivity index (χ1) is 7.72. The molecule has 0 spiro atoms. The van der Waals surface area contributed by atoms with Gasteiger partial charge in [-0.05, 0) is 43.0 Å². The van der Waals surface area contributed by atoms with Gasteiger partial charge in [0.25, 0.3) is 0 Å². The van der Waals surface area contributed by atoms with Gasteiger partial charge in [0.15, 0.2) is 0 Å². The first-order valence-electron chi connectivity index (χ1n) is 5.74. The molecule has 1 fully saturated rings. The van der Waals surface area contributed by atoms with Crippen molar-refractivity contribution in [3.05, 3.63) is 29.3 Å². The molecule has 0 saturated carbocycles. The number of hydrogen-bond acceptors (Lipinski definition) is 3. The number of benzene rings is 1. The predicted molar refractivity (Wildman–Crippen MR) is 63.6 cm³/mol. The van der Waals surface area contributed by atoms with Gasteiger partial charge in [-0.15, -0.1) is 0 Å². The predicted octanol–water partition coefficient (Wildman–Crippen LogP) is 2.18. The van der Waals surface area contributed by atoms with E-state index in [0.717, 1.165) is 30.8 Å². The van der Waals surface area contributed by atoms with Crippen LogP contribution in [0.3, 0.4) is 0 Å². The van der Waals surface area contributed by atoms with Crippen LogP contribution in [0.2, 0.25) is 0 Å². The number of rotatable bonds is 3. The Labute approximate surface area is 96.5 Å². The number of ether oxygens (including phenoxy) is 2. The van der Waals surface area contributed by atoms with Crippen LogP contribution in [0.1, 0.15) is 30.0 Å². The van der Waals surface area contributed by atoms with Gasteiger partial charge in [-0.2, -0.15) is 0 Å². The van der Waals surface area contributed by atoms with Crippen LogP contribution in [0.5, 0.6) is 5.75 Å². The minimum Gasteiger partial charge on any atom is -0.497 e. The average molecular weight is 221 g/mol. The van der Waals surface area contributed by atoms with Crippen molar-refractivity contribution in [3.63, 3.8) is 0 Å². The maximum atomic E-state index is 6.23. The number of methoxy groups -OCH3 is 1. The van der Waals surface area contributed by atoms with Gasteiger partial charge in [0.2, 0.25) is 0 Å². The van der Waals surface area contributed by atoms with Crippen molar-refractivity contribution in [1.29, 1.82) is 0 Å². The maximum absolute atomic E-state index is 6.23. The van der Waals surface area contributed by atoms with Crippen LogP contribution in [0.25, 0.3) is 0 Å². The normalized spacial score (nSPS) is 22.1. The second-order valence-corrected chi connectivity index (χ2v) is 4.30. The summed E-state index contributed by atoms with van der Waals surface area (Å²) in [5.74, 6) is 0.876. The monoisotopic (exact) mass is 221 g/mol. The Morgan fingerprint density at radius 2 is 2.31 bits per heavy atom. The van der Waals surface area contributed by atoms with Crippen molar-refractivity contribution in [2.45, 2.75) is 31.9 Å². The first kappa shape index (κ1) is 11.4. The molecule has 2 unspecified atom stereocenters. The molecule has 88 valence electrons. The highest BCUT2D eigenvalue weighted by Crippen LogP contribution is 2.28. The van der Waals surface area contributed by atoms with Gasteiger partial charge < -0.3 is 15.2 Å². The third-order valence-corrected chi connectivity index (χ3v) is 3.20. The molecule has 3 nitrogen and oxygen atoms in total. The molecule has 1 saturated heterocycles. The van der Waals surface area contributed by atoms with E-state index in [4.69, 9.17) is 15.2 Å². The van der Waals surface area contributed by atoms with Crippen molar-refractivity contribution in [1.82, 2.24) is 0 Å². The first-order valence-corrected chi connectivity index (χ1v) is 5.74. The highest BCUT2D eigenvalue weighted by molar-refractivity contribution is 5.37. The third kappa shape index (κ3) is 2.20. The smallest absolute Gasteiger partial charge is 0.119 e. The van der Waals surface area contributed by atoms with Gasteiger partial charge in [0, 0.05) is 6.61 Å². The van der Waals surface area contributed by atoms with Crippen molar-refractivity contribution in [3.8, 4) is 5.75 Å². The molecular weight excluding hydrogens is 202 g/mol. The minimum absolute atomic E-state index is 0.0200. The zero-order chi connectivity index (χ0) is 11.5. The van der Waals surface area contributed by atoms with E-state index in [0.29, 0.717) is 0 Å². The molecule has 16 heavy (non-hydrogen) atoms. The Morgan fingerprint density at radius 3 is 2.88 bits per heavy atom. The molecule has 3 heteroatoms. The summed E-state index contributed by atoms with van der Waals surface area (Å²) in [5, 5.41) is 0. The molecule has 1 aromatic rings. The van der Waals surface area contributed by atoms with E-state index in [9.17, 15) is 0 Å². The molecule has 2 atom stereocenters. The van der Waals surface area contributed by atoms with Crippen molar-refractivity contribution in [2.75, 3.05) is 13.7 Å². The van der Waals surface area contributed by atoms with Gasteiger partial charge >= 0.3 is 0 Å². The standard InChI is InChI=1S/C13H19NO2/c1-9-8-10(15-2)5-6-11(9)13(14)12-4-3-7-16-12/h5-6,8,12-13H,3-4,7,14H2,1-2H3. The van der Waals surface area contributed by atoms with E-state index < -0.39 is 0 Å². The molecule has 0 aromatic heterocycles. The summed E-state index contributed by atoms with van der Waals surface area (Å²) in [6.45, 7) is 2.90. The second-order valence-electron chi connectivity index (χ2n) is 4.30. The quantitative estimate of drug-likeness (QED) is 0.850. The van der Waals surface area contributed by atoms with Crippen molar-refractivity contribution in [2.24, 2.45) is 5.73 Å². The highest BCUT2D eigenvalue weighted by atomic mass is 16.5. The summed E-state index contributed by atoms with van der Waals surface area (Å²) >= 11 is 0. The van der Waals surface area contributed by atoms with E-state index in [1.165, 1.54) is 5.56 Å². The van der Waals surface area contributed by atoms with Gasteiger partial charge in [-0.3, -0.25) is 0 Å². The van der Waals surface area contributed by atoms with Crippen molar-refractivity contribution < 1.29 is 9.47 Å². The van der Waals surface area contributed by atoms with E-state index in [-0.39, 0.29) is 12.1 Å². The Bertz CT molecular complexity index is 359. The fraction of sp³-hybridized carbons (Fsp3) is 0.538. The lowest BCUT2D eigenvalue weighted by Gasteiger charge is -2.21. The molecule has 0 aliphatic carbocycles. The summed E-state index contributed by atoms with van der Waals surface area (Å²) in [7, 11) is 1.68. The van der Waals surface area contributed by atoms with Crippen LogP contribution in [0, 0.1) is 6.92 Å². The summed E-state index contributed by atoms with van der Waals surface area (Å²) in [4.78, 5) is 0. The Morgan fingerprint density at radius 1 is 1.50 bits per heavy atom. The van der Waals surface area contributed by atoms with E-state index in [2.05, 4.69) is 6.92 Å². The lowest BCUT2D eigenvalue weighted by atomic mass is 9.96. The zero-order valence-corrected chi connectivity index (χ0v) is 9.90. The molecule has 1 heterocycles. The molecule has 0 radical (unpaired) electrons. The van der Waals surface area contributed by atoms with E-state index in [1.807, 2.05) is 18.2 Å². The number of nitrogens with two attached hydrogens (primary N) is 1. The van der Waals surface area contributed by atoms with Crippen LogP contribution in [-0.2, 0) is 4.74 Å². The summed E-state index contributed by atoms with van der Waals surface area (Å²) < 4.78 is 10.8. The van der Waals surface area contributed by atoms with Crippen LogP contribution in [-0.4, -0.2) is 19.8 Å². The minimum atomic E-state index is -0.0200. The number of hydrogen-bond donors (Lipinski definition) is 1. The topological polar surface area (TPSA) is 44.5 Å². The van der Waals surface area contributed by atoms with Gasteiger partial charge in [-0.1, -0.05) is 6.07 Å². The molecule has 0 amide bonds. The zero-order valence-electron chi connectivity index (χ0n) is 9.90. The molecule has 2 N–H and O–H groups in total. The summed E-state index contributed by atoms with van der Waals surface area (Å²) in [6.07, 6.45) is 2.35. The molecule has 0 bridgehead atoms. The van der Waals surface area contributed by atoms with Gasteiger partial charge in [0.05, 0.1) is 19.3 Å². The maximum Gasteiger partial charge on any atom is 0.119 e. The fourth-order valence-corrected chi connectivity index (χ4v) is 2.24. The Hall–Kier alpha value is -1.06. The Balaban J connectivity index is 2.19. The lowest BCUT2D eigenvalue weighted by molar-refractivity contribution is 0.0898. The molecule has 1 aliphatic rings. The highest BCUT2D eigenvalue weighted by Gasteiger charge is 2.25. The molecular formula is C13H19NO2. The fourth-order valence-electron chi connectivity index (χ4n) is 2.24. The largest absolute Gasteiger partial charge is 0.497 e. The number of aryl methyl sites for hydroxylation is 1. The molecule has 2 rings (SSSR count). The second kappa shape index (κ2) is 4.85. The van der Waals surface area contributed by atoms with Crippen LogP contribution in [0.4, 0.5) is 0 Å². The van der Waals surface area contributed by atoms with Crippen LogP contribution >= 0.6 is 0 Å². The Kier molecular flexibility index (Phi) is 3.46. The molecule has 1 aromatic carbocycles. The average Bonchev–Trinajstić information content (AvgIpc) is 2.81. The van der Waals surface area contributed by atoms with Gasteiger partial charge in [0.1, 0.15) is 5.75 Å². The lowest BCUT2D eigenvalue weighted by Crippen LogP contribution is -2.26. The molecule has 1 aliphatic heterocycles. The van der Waals surface area contributed by atoms with Crippen molar-refractivity contribution >= 4 is 0 Å². The summed E-state index contributed by atoms with van der Waals surface area (Å²) in [6, 6.07) is 6.00. The summed E-state index contributed by atoms with van der Waals surface area (Å²) in [5.41, 5.74) is 8.56. The van der Waals surface area contributed by atoms with E-state index in [1.54, 1.807) is 7.11 Å². The SMILES string of the molecule is COc1ccc(C(N)C2CCCO2)c(C)c1. The van der Waals surface area contributed by atoms with E-state index >= 15 is 0 Å².